The summed E-state index contributed by atoms with van der Waals surface area (Å²) in [5, 5.41) is 17.8. The van der Waals surface area contributed by atoms with Gasteiger partial charge in [-0.1, -0.05) is 6.42 Å². The molecule has 2 atom stereocenters. The third kappa shape index (κ3) is 3.46. The quantitative estimate of drug-likeness (QED) is 0.827. The lowest BCUT2D eigenvalue weighted by atomic mass is 9.87. The third-order valence-corrected chi connectivity index (χ3v) is 3.57. The van der Waals surface area contributed by atoms with Crippen molar-refractivity contribution < 1.29 is 17.9 Å². The molecule has 2 rings (SSSR count). The highest BCUT2D eigenvalue weighted by molar-refractivity contribution is 5.44. The zero-order valence-corrected chi connectivity index (χ0v) is 11.2. The summed E-state index contributed by atoms with van der Waals surface area (Å²) in [7, 11) is 0. The van der Waals surface area contributed by atoms with E-state index in [4.69, 9.17) is 15.3 Å². The summed E-state index contributed by atoms with van der Waals surface area (Å²) >= 11 is 0. The van der Waals surface area contributed by atoms with Gasteiger partial charge in [-0.15, -0.1) is 0 Å². The van der Waals surface area contributed by atoms with Crippen LogP contribution in [0.5, 0.6) is 5.75 Å². The van der Waals surface area contributed by atoms with E-state index >= 15 is 0 Å². The summed E-state index contributed by atoms with van der Waals surface area (Å²) in [6.07, 6.45) is -1.82. The second-order valence-electron chi connectivity index (χ2n) is 4.99. The zero-order chi connectivity index (χ0) is 15.5. The number of nitrogens with zero attached hydrogens (tertiary/aromatic N) is 2. The summed E-state index contributed by atoms with van der Waals surface area (Å²) in [5.41, 5.74) is -1.44. The molecule has 3 nitrogen and oxygen atoms in total. The van der Waals surface area contributed by atoms with Gasteiger partial charge in [0.05, 0.1) is 29.2 Å². The van der Waals surface area contributed by atoms with Gasteiger partial charge in [-0.2, -0.15) is 23.7 Å². The molecule has 1 aromatic carbocycles. The van der Waals surface area contributed by atoms with Gasteiger partial charge in [-0.25, -0.2) is 0 Å². The molecule has 0 spiro atoms. The lowest BCUT2D eigenvalue weighted by Crippen LogP contribution is -2.29. The Hall–Kier alpha value is -2.21. The van der Waals surface area contributed by atoms with E-state index < -0.39 is 23.4 Å². The highest BCUT2D eigenvalue weighted by Crippen LogP contribution is 2.35. The van der Waals surface area contributed by atoms with Gasteiger partial charge < -0.3 is 4.74 Å². The highest BCUT2D eigenvalue weighted by Gasteiger charge is 2.34. The Morgan fingerprint density at radius 1 is 1.14 bits per heavy atom. The Bertz CT molecular complexity index is 598. The van der Waals surface area contributed by atoms with Crippen LogP contribution in [0.3, 0.4) is 0 Å². The molecule has 0 heterocycles. The second-order valence-corrected chi connectivity index (χ2v) is 4.99. The normalized spacial score (nSPS) is 22.1. The van der Waals surface area contributed by atoms with Crippen LogP contribution in [0, 0.1) is 28.6 Å². The number of hydrogen-bond donors (Lipinski definition) is 0. The standard InChI is InChI=1S/C15H13F3N2O/c16-15(17,18)13-7-12(6-5-10(13)8-19)21-14-4-2-1-3-11(14)9-20/h5-7,11,14H,1-4H2. The van der Waals surface area contributed by atoms with Gasteiger partial charge >= 0.3 is 6.18 Å². The zero-order valence-electron chi connectivity index (χ0n) is 11.2. The van der Waals surface area contributed by atoms with Crippen molar-refractivity contribution in [3.05, 3.63) is 29.3 Å². The minimum absolute atomic E-state index is 0.0495. The van der Waals surface area contributed by atoms with E-state index in [0.29, 0.717) is 12.8 Å². The van der Waals surface area contributed by atoms with E-state index in [1.807, 2.05) is 0 Å². The number of halogens is 3. The molecule has 1 fully saturated rings. The molecule has 6 heteroatoms. The van der Waals surface area contributed by atoms with Gasteiger partial charge in [0.15, 0.2) is 0 Å². The summed E-state index contributed by atoms with van der Waals surface area (Å²) in [4.78, 5) is 0. The van der Waals surface area contributed by atoms with E-state index in [9.17, 15) is 13.2 Å². The van der Waals surface area contributed by atoms with E-state index in [0.717, 1.165) is 25.0 Å². The van der Waals surface area contributed by atoms with Gasteiger partial charge in [-0.05, 0) is 37.5 Å². The third-order valence-electron chi connectivity index (χ3n) is 3.57. The molecule has 0 bridgehead atoms. The number of alkyl halides is 3. The maximum absolute atomic E-state index is 12.9. The fraction of sp³-hybridized carbons (Fsp3) is 0.467. The van der Waals surface area contributed by atoms with Crippen LogP contribution in [0.15, 0.2) is 18.2 Å². The van der Waals surface area contributed by atoms with Crippen LogP contribution in [0.2, 0.25) is 0 Å². The van der Waals surface area contributed by atoms with Crippen LogP contribution in [-0.2, 0) is 6.18 Å². The first kappa shape index (κ1) is 15.2. The molecular weight excluding hydrogens is 281 g/mol. The Morgan fingerprint density at radius 2 is 1.86 bits per heavy atom. The molecule has 0 saturated heterocycles. The van der Waals surface area contributed by atoms with Crippen molar-refractivity contribution in [2.24, 2.45) is 5.92 Å². The predicted molar refractivity (Wildman–Crippen MR) is 68.1 cm³/mol. The van der Waals surface area contributed by atoms with Crippen molar-refractivity contribution in [1.82, 2.24) is 0 Å². The number of nitriles is 2. The number of hydrogen-bond acceptors (Lipinski definition) is 3. The maximum atomic E-state index is 12.9. The van der Waals surface area contributed by atoms with Crippen molar-refractivity contribution in [3.63, 3.8) is 0 Å². The largest absolute Gasteiger partial charge is 0.489 e. The Balaban J connectivity index is 2.25. The minimum Gasteiger partial charge on any atom is -0.489 e. The van der Waals surface area contributed by atoms with Gasteiger partial charge in [0.1, 0.15) is 11.9 Å². The van der Waals surface area contributed by atoms with Gasteiger partial charge in [0.2, 0.25) is 0 Å². The summed E-state index contributed by atoms with van der Waals surface area (Å²) in [5.74, 6) is -0.253. The molecule has 0 radical (unpaired) electrons. The van der Waals surface area contributed by atoms with Crippen LogP contribution < -0.4 is 4.74 Å². The molecule has 0 N–H and O–H groups in total. The van der Waals surface area contributed by atoms with Crippen LogP contribution in [0.4, 0.5) is 13.2 Å². The minimum atomic E-state index is -4.61. The number of ether oxygens (including phenoxy) is 1. The lowest BCUT2D eigenvalue weighted by Gasteiger charge is -2.27. The predicted octanol–water partition coefficient (Wildman–Crippen LogP) is 4.04. The fourth-order valence-electron chi connectivity index (χ4n) is 2.49. The van der Waals surface area contributed by atoms with Crippen LogP contribution in [0.1, 0.15) is 36.8 Å². The van der Waals surface area contributed by atoms with E-state index in [2.05, 4.69) is 6.07 Å². The second kappa shape index (κ2) is 6.05. The van der Waals surface area contributed by atoms with E-state index in [1.54, 1.807) is 0 Å². The van der Waals surface area contributed by atoms with E-state index in [-0.39, 0.29) is 11.7 Å². The van der Waals surface area contributed by atoms with Crippen molar-refractivity contribution in [2.75, 3.05) is 0 Å². The maximum Gasteiger partial charge on any atom is 0.417 e. The van der Waals surface area contributed by atoms with Crippen molar-refractivity contribution in [2.45, 2.75) is 38.0 Å². The highest BCUT2D eigenvalue weighted by atomic mass is 19.4. The first-order valence-corrected chi connectivity index (χ1v) is 6.63. The average molecular weight is 294 g/mol. The first-order chi connectivity index (χ1) is 9.95. The number of benzene rings is 1. The molecule has 0 amide bonds. The number of rotatable bonds is 2. The summed E-state index contributed by atoms with van der Waals surface area (Å²) in [6, 6.07) is 6.95. The molecule has 1 saturated carbocycles. The lowest BCUT2D eigenvalue weighted by molar-refractivity contribution is -0.137. The van der Waals surface area contributed by atoms with Crippen LogP contribution >= 0.6 is 0 Å². The Kier molecular flexibility index (Phi) is 4.37. The SMILES string of the molecule is N#Cc1ccc(OC2CCCCC2C#N)cc1C(F)(F)F. The first-order valence-electron chi connectivity index (χ1n) is 6.63. The molecule has 21 heavy (non-hydrogen) atoms. The topological polar surface area (TPSA) is 56.8 Å². The van der Waals surface area contributed by atoms with Gasteiger partial charge in [0, 0.05) is 0 Å². The molecular formula is C15H13F3N2O. The molecule has 1 aliphatic rings. The fourth-order valence-corrected chi connectivity index (χ4v) is 2.49. The Morgan fingerprint density at radius 3 is 2.48 bits per heavy atom. The summed E-state index contributed by atoms with van der Waals surface area (Å²) < 4.78 is 44.2. The van der Waals surface area contributed by atoms with Crippen LogP contribution in [0.25, 0.3) is 0 Å². The monoisotopic (exact) mass is 294 g/mol. The smallest absolute Gasteiger partial charge is 0.417 e. The molecule has 0 aliphatic heterocycles. The Labute approximate surface area is 120 Å². The molecule has 1 aromatic rings. The van der Waals surface area contributed by atoms with Gasteiger partial charge in [0.25, 0.3) is 0 Å². The van der Waals surface area contributed by atoms with Crippen molar-refractivity contribution >= 4 is 0 Å². The molecule has 0 aromatic heterocycles. The van der Waals surface area contributed by atoms with E-state index in [1.165, 1.54) is 12.1 Å². The van der Waals surface area contributed by atoms with Crippen molar-refractivity contribution in [3.8, 4) is 17.9 Å². The molecule has 2 unspecified atom stereocenters. The molecule has 1 aliphatic carbocycles. The molecule has 110 valence electrons. The average Bonchev–Trinajstić information content (AvgIpc) is 2.47. The van der Waals surface area contributed by atoms with Crippen molar-refractivity contribution in [1.29, 1.82) is 10.5 Å². The van der Waals surface area contributed by atoms with Gasteiger partial charge in [-0.3, -0.25) is 0 Å². The summed E-state index contributed by atoms with van der Waals surface area (Å²) in [6.45, 7) is 0. The van der Waals surface area contributed by atoms with Crippen LogP contribution in [-0.4, -0.2) is 6.10 Å².